The molecule has 1 saturated carbocycles. The van der Waals surface area contributed by atoms with E-state index in [1.807, 2.05) is 24.3 Å². The molecule has 1 N–H and O–H groups in total. The summed E-state index contributed by atoms with van der Waals surface area (Å²) in [6, 6.07) is 10.5. The highest BCUT2D eigenvalue weighted by atomic mass is 32.1. The van der Waals surface area contributed by atoms with Crippen LogP contribution in [-0.4, -0.2) is 29.5 Å². The third-order valence-electron chi connectivity index (χ3n) is 6.37. The van der Waals surface area contributed by atoms with Crippen LogP contribution in [0.15, 0.2) is 42.5 Å². The molecule has 34 heavy (non-hydrogen) atoms. The van der Waals surface area contributed by atoms with Crippen molar-refractivity contribution in [3.63, 3.8) is 0 Å². The average molecular weight is 487 g/mol. The Morgan fingerprint density at radius 2 is 1.82 bits per heavy atom. The van der Waals surface area contributed by atoms with Crippen molar-refractivity contribution >= 4 is 46.2 Å². The quantitative estimate of drug-likeness (QED) is 0.478. The summed E-state index contributed by atoms with van der Waals surface area (Å²) in [5.41, 5.74) is -0.970. The molecule has 0 atom stereocenters. The first kappa shape index (κ1) is 23.7. The number of carbonyl (C=O) groups excluding carboxylic acids is 2. The predicted octanol–water partition coefficient (Wildman–Crippen LogP) is 5.00. The molecule has 1 spiro atoms. The summed E-state index contributed by atoms with van der Waals surface area (Å²) < 4.78 is 40.6. The van der Waals surface area contributed by atoms with Gasteiger partial charge in [0.05, 0.1) is 12.1 Å². The summed E-state index contributed by atoms with van der Waals surface area (Å²) in [6.45, 7) is 7.04. The minimum Gasteiger partial charge on any atom is -0.359 e. The second-order valence-corrected chi connectivity index (χ2v) is 8.66. The molecule has 4 rings (SSSR count). The van der Waals surface area contributed by atoms with E-state index in [-0.39, 0.29) is 22.6 Å². The van der Waals surface area contributed by atoms with Crippen molar-refractivity contribution in [3.8, 4) is 0 Å². The van der Waals surface area contributed by atoms with Crippen molar-refractivity contribution in [1.29, 1.82) is 0 Å². The van der Waals surface area contributed by atoms with Gasteiger partial charge >= 0.3 is 6.18 Å². The van der Waals surface area contributed by atoms with Crippen LogP contribution in [0.2, 0.25) is 0 Å². The lowest BCUT2D eigenvalue weighted by molar-refractivity contribution is -0.137. The number of hydrogen-bond donors (Lipinski definition) is 1. The lowest BCUT2D eigenvalue weighted by Gasteiger charge is -2.43. The van der Waals surface area contributed by atoms with Crippen LogP contribution in [0.4, 0.5) is 30.2 Å². The molecule has 2 aromatic carbocycles. The number of aryl methyl sites for hydroxylation is 1. The van der Waals surface area contributed by atoms with Crippen LogP contribution in [0, 0.1) is 6.57 Å². The highest BCUT2D eigenvalue weighted by Gasteiger charge is 2.59. The molecule has 0 unspecified atom stereocenters. The maximum Gasteiger partial charge on any atom is 0.407 e. The maximum absolute atomic E-state index is 13.5. The number of halogens is 3. The van der Waals surface area contributed by atoms with Crippen molar-refractivity contribution in [2.45, 2.75) is 43.8 Å². The summed E-state index contributed by atoms with van der Waals surface area (Å²) in [4.78, 5) is 30.8. The van der Waals surface area contributed by atoms with E-state index in [1.165, 1.54) is 6.07 Å². The molecule has 2 amide bonds. The molecule has 6 nitrogen and oxygen atoms in total. The topological polar surface area (TPSA) is 57.0 Å². The Labute approximate surface area is 200 Å². The number of anilines is 2. The molecular formula is C24H21F3N4O2S. The standard InChI is InChI=1S/C24H21F3N4O2S/c1-28-19-10-9-17(14-18(19)24(25,26)27)30-21(33)23(12-3-13-23)31(22(30)34)16-7-4-15(5-8-16)6-11-20(32)29-2/h4-5,7-10,14H,3,6,11-13H2,2H3,(H,29,32). The van der Waals surface area contributed by atoms with Gasteiger partial charge in [-0.3, -0.25) is 14.5 Å². The first-order valence-electron chi connectivity index (χ1n) is 10.7. The molecule has 0 aromatic heterocycles. The van der Waals surface area contributed by atoms with E-state index in [2.05, 4.69) is 10.2 Å². The zero-order chi connectivity index (χ0) is 24.7. The number of nitrogens with zero attached hydrogens (tertiary/aromatic N) is 3. The number of amides is 2. The van der Waals surface area contributed by atoms with Gasteiger partial charge in [-0.2, -0.15) is 13.2 Å². The lowest BCUT2D eigenvalue weighted by Crippen LogP contribution is -2.55. The first-order valence-corrected chi connectivity index (χ1v) is 11.1. The van der Waals surface area contributed by atoms with Crippen LogP contribution < -0.4 is 15.1 Å². The fourth-order valence-corrected chi connectivity index (χ4v) is 4.86. The first-order chi connectivity index (χ1) is 16.1. The molecule has 10 heteroatoms. The molecule has 2 fully saturated rings. The van der Waals surface area contributed by atoms with Crippen LogP contribution in [0.3, 0.4) is 0 Å². The third kappa shape index (κ3) is 3.90. The van der Waals surface area contributed by atoms with E-state index in [0.29, 0.717) is 31.4 Å². The summed E-state index contributed by atoms with van der Waals surface area (Å²) in [7, 11) is 1.58. The van der Waals surface area contributed by atoms with Crippen molar-refractivity contribution in [3.05, 3.63) is 65.0 Å². The largest absolute Gasteiger partial charge is 0.407 e. The number of thiocarbonyl (C=S) groups is 1. The molecule has 0 bridgehead atoms. The van der Waals surface area contributed by atoms with E-state index < -0.39 is 23.0 Å². The van der Waals surface area contributed by atoms with Gasteiger partial charge in [0.25, 0.3) is 5.91 Å². The van der Waals surface area contributed by atoms with Crippen molar-refractivity contribution < 1.29 is 22.8 Å². The minimum atomic E-state index is -4.74. The zero-order valence-electron chi connectivity index (χ0n) is 18.3. The van der Waals surface area contributed by atoms with E-state index in [1.54, 1.807) is 11.9 Å². The van der Waals surface area contributed by atoms with Crippen LogP contribution in [0.5, 0.6) is 0 Å². The van der Waals surface area contributed by atoms with Gasteiger partial charge in [-0.25, -0.2) is 4.85 Å². The van der Waals surface area contributed by atoms with Gasteiger partial charge in [-0.05, 0) is 67.7 Å². The highest BCUT2D eigenvalue weighted by Crippen LogP contribution is 2.48. The third-order valence-corrected chi connectivity index (χ3v) is 6.74. The van der Waals surface area contributed by atoms with E-state index >= 15 is 0 Å². The predicted molar refractivity (Wildman–Crippen MR) is 126 cm³/mol. The van der Waals surface area contributed by atoms with Crippen LogP contribution in [0.1, 0.15) is 36.8 Å². The average Bonchev–Trinajstić information content (AvgIpc) is 3.03. The smallest absolute Gasteiger partial charge is 0.359 e. The summed E-state index contributed by atoms with van der Waals surface area (Å²) in [5.74, 6) is -0.432. The number of alkyl halides is 3. The monoisotopic (exact) mass is 486 g/mol. The molecule has 176 valence electrons. The number of hydrogen-bond acceptors (Lipinski definition) is 3. The van der Waals surface area contributed by atoms with Gasteiger partial charge in [0, 0.05) is 24.8 Å². The van der Waals surface area contributed by atoms with Crippen molar-refractivity contribution in [2.24, 2.45) is 0 Å². The Kier molecular flexibility index (Phi) is 6.08. The highest BCUT2D eigenvalue weighted by molar-refractivity contribution is 7.81. The van der Waals surface area contributed by atoms with Crippen LogP contribution >= 0.6 is 12.2 Å². The van der Waals surface area contributed by atoms with Crippen molar-refractivity contribution in [2.75, 3.05) is 16.8 Å². The van der Waals surface area contributed by atoms with Gasteiger partial charge in [-0.15, -0.1) is 0 Å². The van der Waals surface area contributed by atoms with Crippen LogP contribution in [0.25, 0.3) is 4.85 Å². The van der Waals surface area contributed by atoms with Gasteiger partial charge in [-0.1, -0.05) is 18.2 Å². The Balaban J connectivity index is 1.68. The molecule has 2 aliphatic rings. The Morgan fingerprint density at radius 3 is 2.35 bits per heavy atom. The normalized spacial score (nSPS) is 17.0. The minimum absolute atomic E-state index is 0.00861. The SMILES string of the molecule is [C-]#[N+]c1ccc(N2C(=O)C3(CCC3)N(c3ccc(CCC(=O)NC)cc3)C2=S)cc1C(F)(F)F. The van der Waals surface area contributed by atoms with Gasteiger partial charge in [0.2, 0.25) is 5.91 Å². The Morgan fingerprint density at radius 1 is 1.18 bits per heavy atom. The van der Waals surface area contributed by atoms with Gasteiger partial charge in [0.15, 0.2) is 10.8 Å². The van der Waals surface area contributed by atoms with Gasteiger partial charge < -0.3 is 10.2 Å². The van der Waals surface area contributed by atoms with Crippen molar-refractivity contribution in [1.82, 2.24) is 5.32 Å². The number of nitrogens with one attached hydrogen (secondary N) is 1. The van der Waals surface area contributed by atoms with E-state index in [0.717, 1.165) is 29.0 Å². The Hall–Kier alpha value is -3.45. The lowest BCUT2D eigenvalue weighted by atomic mass is 9.75. The Bertz CT molecular complexity index is 1200. The van der Waals surface area contributed by atoms with Crippen LogP contribution in [-0.2, 0) is 22.2 Å². The maximum atomic E-state index is 13.5. The second kappa shape index (κ2) is 8.72. The van der Waals surface area contributed by atoms with E-state index in [9.17, 15) is 22.8 Å². The summed E-state index contributed by atoms with van der Waals surface area (Å²) in [6.07, 6.45) is -1.98. The molecule has 0 radical (unpaired) electrons. The molecule has 2 aromatic rings. The molecular weight excluding hydrogens is 465 g/mol. The molecule has 1 aliphatic heterocycles. The second-order valence-electron chi connectivity index (χ2n) is 8.29. The van der Waals surface area contributed by atoms with Gasteiger partial charge in [0.1, 0.15) is 5.54 Å². The number of carbonyl (C=O) groups is 2. The fourth-order valence-electron chi connectivity index (χ4n) is 4.39. The fraction of sp³-hybridized carbons (Fsp3) is 0.333. The van der Waals surface area contributed by atoms with E-state index in [4.69, 9.17) is 18.8 Å². The summed E-state index contributed by atoms with van der Waals surface area (Å²) in [5, 5.41) is 2.68. The number of benzene rings is 2. The summed E-state index contributed by atoms with van der Waals surface area (Å²) >= 11 is 5.62. The number of rotatable bonds is 5. The molecule has 1 saturated heterocycles. The molecule has 1 heterocycles. The zero-order valence-corrected chi connectivity index (χ0v) is 19.1. The molecule has 1 aliphatic carbocycles.